The Hall–Kier alpha value is -2.41. The summed E-state index contributed by atoms with van der Waals surface area (Å²) in [4.78, 5) is 4.88. The molecule has 0 saturated carbocycles. The fraction of sp³-hybridized carbons (Fsp3) is 0.320. The Labute approximate surface area is 158 Å². The maximum atomic E-state index is 4.88. The maximum absolute atomic E-state index is 4.88. The van der Waals surface area contributed by atoms with Gasteiger partial charge in [-0.05, 0) is 75.0 Å². The van der Waals surface area contributed by atoms with E-state index in [1.807, 2.05) is 6.21 Å². The van der Waals surface area contributed by atoms with E-state index in [0.29, 0.717) is 5.92 Å². The van der Waals surface area contributed by atoms with Crippen LogP contribution in [-0.2, 0) is 0 Å². The van der Waals surface area contributed by atoms with Crippen LogP contribution in [0.4, 0.5) is 5.69 Å². The van der Waals surface area contributed by atoms with E-state index >= 15 is 0 Å². The molecular formula is C25H29N. The summed E-state index contributed by atoms with van der Waals surface area (Å²) in [6.45, 7) is 15.5. The summed E-state index contributed by atoms with van der Waals surface area (Å²) in [5.41, 5.74) is 13.1. The molecule has 1 aliphatic carbocycles. The van der Waals surface area contributed by atoms with E-state index < -0.39 is 0 Å². The highest BCUT2D eigenvalue weighted by atomic mass is 14.7. The second kappa shape index (κ2) is 7.07. The number of hydrogen-bond acceptors (Lipinski definition) is 1. The summed E-state index contributed by atoms with van der Waals surface area (Å²) < 4.78 is 0. The summed E-state index contributed by atoms with van der Waals surface area (Å²) in [5.74, 6) is 0.465. The van der Waals surface area contributed by atoms with Crippen molar-refractivity contribution in [2.45, 2.75) is 48.5 Å². The van der Waals surface area contributed by atoms with Crippen LogP contribution in [0.1, 0.15) is 55.5 Å². The normalized spacial score (nSPS) is 17.7. The van der Waals surface area contributed by atoms with E-state index in [-0.39, 0.29) is 0 Å². The SMILES string of the molecule is CC1=C(C)C(C)C(c2ccccc2C=Nc2c(C)cc(C)cc2C)=C1C. The molecule has 1 aliphatic rings. The topological polar surface area (TPSA) is 12.4 Å². The smallest absolute Gasteiger partial charge is 0.0688 e. The first-order valence-electron chi connectivity index (χ1n) is 9.41. The first-order chi connectivity index (χ1) is 12.3. The Morgan fingerprint density at radius 2 is 1.46 bits per heavy atom. The lowest BCUT2D eigenvalue weighted by molar-refractivity contribution is 0.895. The van der Waals surface area contributed by atoms with Gasteiger partial charge in [0.2, 0.25) is 0 Å². The van der Waals surface area contributed by atoms with Crippen LogP contribution < -0.4 is 0 Å². The van der Waals surface area contributed by atoms with Gasteiger partial charge in [-0.3, -0.25) is 4.99 Å². The number of benzene rings is 2. The van der Waals surface area contributed by atoms with Crippen LogP contribution in [-0.4, -0.2) is 6.21 Å². The second-order valence-electron chi connectivity index (χ2n) is 7.66. The predicted octanol–water partition coefficient (Wildman–Crippen LogP) is 7.12. The molecule has 3 rings (SSSR count). The zero-order valence-corrected chi connectivity index (χ0v) is 17.1. The van der Waals surface area contributed by atoms with Gasteiger partial charge in [-0.25, -0.2) is 0 Å². The fourth-order valence-corrected chi connectivity index (χ4v) is 4.16. The van der Waals surface area contributed by atoms with Crippen molar-refractivity contribution in [2.75, 3.05) is 0 Å². The van der Waals surface area contributed by atoms with E-state index in [4.69, 9.17) is 4.99 Å². The highest BCUT2D eigenvalue weighted by Crippen LogP contribution is 2.43. The Balaban J connectivity index is 2.06. The molecule has 134 valence electrons. The molecule has 0 amide bonds. The van der Waals surface area contributed by atoms with Crippen molar-refractivity contribution in [3.05, 3.63) is 80.9 Å². The number of rotatable bonds is 3. The maximum Gasteiger partial charge on any atom is 0.0688 e. The molecule has 0 radical (unpaired) electrons. The molecule has 2 aromatic carbocycles. The van der Waals surface area contributed by atoms with Gasteiger partial charge in [-0.2, -0.15) is 0 Å². The molecule has 2 aromatic rings. The standard InChI is InChI=1S/C25H29N/c1-15-12-16(2)25(17(3)13-15)26-14-22-10-8-9-11-23(22)24-20(6)18(4)19(5)21(24)7/h8-14,20H,1-7H3. The molecule has 0 aromatic heterocycles. The minimum absolute atomic E-state index is 0.465. The molecular weight excluding hydrogens is 314 g/mol. The monoisotopic (exact) mass is 343 g/mol. The van der Waals surface area contributed by atoms with Crippen molar-refractivity contribution in [3.8, 4) is 0 Å². The van der Waals surface area contributed by atoms with Crippen LogP contribution in [0.25, 0.3) is 5.57 Å². The lowest BCUT2D eigenvalue weighted by Crippen LogP contribution is -2.00. The van der Waals surface area contributed by atoms with Gasteiger partial charge >= 0.3 is 0 Å². The first kappa shape index (κ1) is 18.4. The van der Waals surface area contributed by atoms with Crippen LogP contribution >= 0.6 is 0 Å². The lowest BCUT2D eigenvalue weighted by Gasteiger charge is -2.15. The minimum atomic E-state index is 0.465. The van der Waals surface area contributed by atoms with Gasteiger partial charge in [0.25, 0.3) is 0 Å². The number of nitrogens with zero attached hydrogens (tertiary/aromatic N) is 1. The summed E-state index contributed by atoms with van der Waals surface area (Å²) >= 11 is 0. The van der Waals surface area contributed by atoms with Crippen molar-refractivity contribution in [1.29, 1.82) is 0 Å². The van der Waals surface area contributed by atoms with Gasteiger partial charge in [0.05, 0.1) is 5.69 Å². The van der Waals surface area contributed by atoms with Crippen LogP contribution in [0.2, 0.25) is 0 Å². The van der Waals surface area contributed by atoms with E-state index in [2.05, 4.69) is 84.9 Å². The van der Waals surface area contributed by atoms with Crippen LogP contribution in [0.15, 0.2) is 58.1 Å². The van der Waals surface area contributed by atoms with Gasteiger partial charge in [-0.15, -0.1) is 0 Å². The third-order valence-electron chi connectivity index (χ3n) is 5.86. The Kier molecular flexibility index (Phi) is 5.00. The van der Waals surface area contributed by atoms with Crippen molar-refractivity contribution < 1.29 is 0 Å². The van der Waals surface area contributed by atoms with Gasteiger partial charge < -0.3 is 0 Å². The van der Waals surface area contributed by atoms with Crippen molar-refractivity contribution in [2.24, 2.45) is 10.9 Å². The van der Waals surface area contributed by atoms with E-state index in [1.54, 1.807) is 0 Å². The molecule has 26 heavy (non-hydrogen) atoms. The third-order valence-corrected chi connectivity index (χ3v) is 5.86. The van der Waals surface area contributed by atoms with Gasteiger partial charge in [0, 0.05) is 17.7 Å². The first-order valence-corrected chi connectivity index (χ1v) is 9.41. The third kappa shape index (κ3) is 3.19. The van der Waals surface area contributed by atoms with Crippen LogP contribution in [0.5, 0.6) is 0 Å². The molecule has 0 bridgehead atoms. The summed E-state index contributed by atoms with van der Waals surface area (Å²) in [6, 6.07) is 13.0. The van der Waals surface area contributed by atoms with Crippen molar-refractivity contribution in [1.82, 2.24) is 0 Å². The lowest BCUT2D eigenvalue weighted by atomic mass is 9.89. The molecule has 0 N–H and O–H groups in total. The van der Waals surface area contributed by atoms with E-state index in [0.717, 1.165) is 5.69 Å². The molecule has 1 unspecified atom stereocenters. The summed E-state index contributed by atoms with van der Waals surface area (Å²) in [5, 5.41) is 0. The Morgan fingerprint density at radius 1 is 0.846 bits per heavy atom. The average molecular weight is 344 g/mol. The quantitative estimate of drug-likeness (QED) is 0.526. The van der Waals surface area contributed by atoms with E-state index in [9.17, 15) is 0 Å². The van der Waals surface area contributed by atoms with Crippen LogP contribution in [0, 0.1) is 26.7 Å². The highest BCUT2D eigenvalue weighted by molar-refractivity contribution is 5.93. The summed E-state index contributed by atoms with van der Waals surface area (Å²) in [7, 11) is 0. The fourth-order valence-electron chi connectivity index (χ4n) is 4.16. The molecule has 0 saturated heterocycles. The molecule has 1 nitrogen and oxygen atoms in total. The van der Waals surface area contributed by atoms with E-state index in [1.165, 1.54) is 50.1 Å². The number of hydrogen-bond donors (Lipinski definition) is 0. The van der Waals surface area contributed by atoms with Crippen LogP contribution in [0.3, 0.4) is 0 Å². The highest BCUT2D eigenvalue weighted by Gasteiger charge is 2.25. The second-order valence-corrected chi connectivity index (χ2v) is 7.66. The molecule has 1 atom stereocenters. The number of allylic oxidation sites excluding steroid dienone is 4. The van der Waals surface area contributed by atoms with Gasteiger partial charge in [-0.1, -0.05) is 54.5 Å². The zero-order chi connectivity index (χ0) is 19.0. The molecule has 1 heteroatoms. The zero-order valence-electron chi connectivity index (χ0n) is 17.1. The Morgan fingerprint density at radius 3 is 2.04 bits per heavy atom. The number of aliphatic imine (C=N–C) groups is 1. The summed E-state index contributed by atoms with van der Waals surface area (Å²) in [6.07, 6.45) is 2.04. The molecule has 0 aliphatic heterocycles. The van der Waals surface area contributed by atoms with Crippen molar-refractivity contribution >= 4 is 17.5 Å². The van der Waals surface area contributed by atoms with Crippen molar-refractivity contribution in [3.63, 3.8) is 0 Å². The van der Waals surface area contributed by atoms with Gasteiger partial charge in [0.15, 0.2) is 0 Å². The average Bonchev–Trinajstić information content (AvgIpc) is 2.78. The van der Waals surface area contributed by atoms with Gasteiger partial charge in [0.1, 0.15) is 0 Å². The molecule has 0 fully saturated rings. The minimum Gasteiger partial charge on any atom is -0.256 e. The Bertz CT molecular complexity index is 931. The molecule has 0 heterocycles. The number of aryl methyl sites for hydroxylation is 3. The predicted molar refractivity (Wildman–Crippen MR) is 114 cm³/mol. The largest absolute Gasteiger partial charge is 0.256 e. The molecule has 0 spiro atoms.